The number of nitrogens with one attached hydrogen (secondary N) is 1. The van der Waals surface area contributed by atoms with Crippen molar-refractivity contribution in [2.45, 2.75) is 19.3 Å². The van der Waals surface area contributed by atoms with Crippen molar-refractivity contribution in [2.75, 3.05) is 11.9 Å². The van der Waals surface area contributed by atoms with E-state index in [1.54, 1.807) is 24.5 Å². The number of nitrogens with zero attached hydrogens (tertiary/aromatic N) is 3. The second-order valence-corrected chi connectivity index (χ2v) is 5.84. The van der Waals surface area contributed by atoms with E-state index in [9.17, 15) is 4.39 Å². The Morgan fingerprint density at radius 2 is 1.91 bits per heavy atom. The third-order valence-electron chi connectivity index (χ3n) is 3.65. The Labute approximate surface area is 128 Å². The number of anilines is 1. The molecule has 0 saturated carbocycles. The van der Waals surface area contributed by atoms with Gasteiger partial charge in [-0.25, -0.2) is 14.4 Å². The Balaban J connectivity index is 1.77. The number of hydrogen-bond acceptors (Lipinski definition) is 4. The summed E-state index contributed by atoms with van der Waals surface area (Å²) in [5.41, 5.74) is 2.09. The largest absolute Gasteiger partial charge is 0.369 e. The molecule has 0 spiro atoms. The van der Waals surface area contributed by atoms with Crippen LogP contribution in [0.5, 0.6) is 0 Å². The van der Waals surface area contributed by atoms with Gasteiger partial charge in [0.15, 0.2) is 5.65 Å². The van der Waals surface area contributed by atoms with E-state index in [-0.39, 0.29) is 11.2 Å². The van der Waals surface area contributed by atoms with Gasteiger partial charge in [-0.15, -0.1) is 0 Å². The maximum absolute atomic E-state index is 13.4. The molecule has 1 N–H and O–H groups in total. The molecule has 1 aromatic carbocycles. The normalized spacial score (nSPS) is 11.6. The summed E-state index contributed by atoms with van der Waals surface area (Å²) in [5.74, 6) is 0.516. The van der Waals surface area contributed by atoms with Crippen molar-refractivity contribution in [2.24, 2.45) is 0 Å². The van der Waals surface area contributed by atoms with Gasteiger partial charge < -0.3 is 5.32 Å². The number of rotatable bonds is 4. The van der Waals surface area contributed by atoms with E-state index in [1.165, 1.54) is 6.07 Å². The molecule has 3 rings (SSSR count). The Bertz CT molecular complexity index is 801. The SMILES string of the molecule is CC(C)(CNc1ccc2nccnc2n1)c1cccc(F)c1. The Hall–Kier alpha value is -2.56. The number of pyridine rings is 1. The summed E-state index contributed by atoms with van der Waals surface area (Å²) in [6.45, 7) is 4.76. The highest BCUT2D eigenvalue weighted by Gasteiger charge is 2.21. The van der Waals surface area contributed by atoms with E-state index in [1.807, 2.05) is 18.2 Å². The van der Waals surface area contributed by atoms with Gasteiger partial charge in [-0.3, -0.25) is 4.98 Å². The third kappa shape index (κ3) is 3.03. The smallest absolute Gasteiger partial charge is 0.180 e. The van der Waals surface area contributed by atoms with Crippen LogP contribution in [0.3, 0.4) is 0 Å². The van der Waals surface area contributed by atoms with Crippen LogP contribution < -0.4 is 5.32 Å². The van der Waals surface area contributed by atoms with Gasteiger partial charge in [-0.2, -0.15) is 0 Å². The molecule has 112 valence electrons. The summed E-state index contributed by atoms with van der Waals surface area (Å²) >= 11 is 0. The van der Waals surface area contributed by atoms with Gasteiger partial charge in [0.05, 0.1) is 0 Å². The molecule has 0 radical (unpaired) electrons. The summed E-state index contributed by atoms with van der Waals surface area (Å²) in [6.07, 6.45) is 3.26. The molecule has 5 heteroatoms. The van der Waals surface area contributed by atoms with E-state index in [4.69, 9.17) is 0 Å². The molecule has 0 saturated heterocycles. The third-order valence-corrected chi connectivity index (χ3v) is 3.65. The lowest BCUT2D eigenvalue weighted by molar-refractivity contribution is 0.545. The molecule has 0 aliphatic carbocycles. The summed E-state index contributed by atoms with van der Waals surface area (Å²) in [4.78, 5) is 12.8. The maximum atomic E-state index is 13.4. The maximum Gasteiger partial charge on any atom is 0.180 e. The van der Waals surface area contributed by atoms with Crippen molar-refractivity contribution >= 4 is 17.0 Å². The standard InChI is InChI=1S/C17H17FN4/c1-17(2,12-4-3-5-13(18)10-12)11-21-15-7-6-14-16(22-15)20-9-8-19-14/h3-10H,11H2,1-2H3,(H,20,21,22). The fraction of sp³-hybridized carbons (Fsp3) is 0.235. The molecule has 0 bridgehead atoms. The van der Waals surface area contributed by atoms with Crippen molar-refractivity contribution in [3.05, 3.63) is 60.2 Å². The number of halogens is 1. The molecular weight excluding hydrogens is 279 g/mol. The molecule has 2 heterocycles. The molecule has 22 heavy (non-hydrogen) atoms. The fourth-order valence-electron chi connectivity index (χ4n) is 2.28. The van der Waals surface area contributed by atoms with Gasteiger partial charge in [0.25, 0.3) is 0 Å². The lowest BCUT2D eigenvalue weighted by Crippen LogP contribution is -2.28. The monoisotopic (exact) mass is 296 g/mol. The van der Waals surface area contributed by atoms with Crippen molar-refractivity contribution in [1.82, 2.24) is 15.0 Å². The van der Waals surface area contributed by atoms with Gasteiger partial charge in [0, 0.05) is 24.4 Å². The van der Waals surface area contributed by atoms with E-state index in [0.717, 1.165) is 16.9 Å². The van der Waals surface area contributed by atoms with E-state index in [0.29, 0.717) is 12.2 Å². The van der Waals surface area contributed by atoms with Crippen LogP contribution in [0.25, 0.3) is 11.2 Å². The first-order chi connectivity index (χ1) is 10.5. The van der Waals surface area contributed by atoms with Crippen LogP contribution in [0.2, 0.25) is 0 Å². The van der Waals surface area contributed by atoms with Crippen molar-refractivity contribution in [3.63, 3.8) is 0 Å². The zero-order chi connectivity index (χ0) is 15.6. The molecule has 0 atom stereocenters. The quantitative estimate of drug-likeness (QED) is 0.800. The van der Waals surface area contributed by atoms with E-state index in [2.05, 4.69) is 34.1 Å². The second-order valence-electron chi connectivity index (χ2n) is 5.84. The lowest BCUT2D eigenvalue weighted by atomic mass is 9.84. The Kier molecular flexibility index (Phi) is 3.71. The minimum absolute atomic E-state index is 0.218. The van der Waals surface area contributed by atoms with E-state index < -0.39 is 0 Å². The zero-order valence-electron chi connectivity index (χ0n) is 12.5. The topological polar surface area (TPSA) is 50.7 Å². The minimum atomic E-state index is -0.221. The molecule has 0 amide bonds. The first-order valence-corrected chi connectivity index (χ1v) is 7.12. The van der Waals surface area contributed by atoms with Crippen LogP contribution in [0.15, 0.2) is 48.8 Å². The molecule has 3 aromatic rings. The zero-order valence-corrected chi connectivity index (χ0v) is 12.5. The van der Waals surface area contributed by atoms with Gasteiger partial charge >= 0.3 is 0 Å². The summed E-state index contributed by atoms with van der Waals surface area (Å²) < 4.78 is 13.4. The highest BCUT2D eigenvalue weighted by Crippen LogP contribution is 2.24. The van der Waals surface area contributed by atoms with Crippen LogP contribution in [-0.4, -0.2) is 21.5 Å². The molecule has 0 aliphatic heterocycles. The lowest BCUT2D eigenvalue weighted by Gasteiger charge is -2.26. The predicted molar refractivity (Wildman–Crippen MR) is 85.2 cm³/mol. The highest BCUT2D eigenvalue weighted by atomic mass is 19.1. The Morgan fingerprint density at radius 1 is 1.09 bits per heavy atom. The van der Waals surface area contributed by atoms with Gasteiger partial charge in [-0.05, 0) is 29.8 Å². The molecular formula is C17H17FN4. The molecule has 2 aromatic heterocycles. The van der Waals surface area contributed by atoms with Crippen molar-refractivity contribution in [1.29, 1.82) is 0 Å². The van der Waals surface area contributed by atoms with Crippen LogP contribution in [-0.2, 0) is 5.41 Å². The fourth-order valence-corrected chi connectivity index (χ4v) is 2.28. The van der Waals surface area contributed by atoms with Crippen LogP contribution >= 0.6 is 0 Å². The minimum Gasteiger partial charge on any atom is -0.369 e. The number of fused-ring (bicyclic) bond motifs is 1. The summed E-state index contributed by atoms with van der Waals surface area (Å²) in [7, 11) is 0. The van der Waals surface area contributed by atoms with Crippen LogP contribution in [0.4, 0.5) is 10.2 Å². The average molecular weight is 296 g/mol. The average Bonchev–Trinajstić information content (AvgIpc) is 2.53. The second kappa shape index (κ2) is 5.67. The van der Waals surface area contributed by atoms with Gasteiger partial charge in [-0.1, -0.05) is 26.0 Å². The van der Waals surface area contributed by atoms with E-state index >= 15 is 0 Å². The van der Waals surface area contributed by atoms with Gasteiger partial charge in [0.1, 0.15) is 17.2 Å². The predicted octanol–water partition coefficient (Wildman–Crippen LogP) is 3.55. The number of hydrogen-bond donors (Lipinski definition) is 1. The summed E-state index contributed by atoms with van der Waals surface area (Å²) in [5, 5.41) is 3.29. The molecule has 0 fully saturated rings. The van der Waals surface area contributed by atoms with Crippen LogP contribution in [0.1, 0.15) is 19.4 Å². The van der Waals surface area contributed by atoms with Crippen molar-refractivity contribution in [3.8, 4) is 0 Å². The number of benzene rings is 1. The summed E-state index contributed by atoms with van der Waals surface area (Å²) in [6, 6.07) is 10.4. The molecule has 0 unspecified atom stereocenters. The van der Waals surface area contributed by atoms with Crippen molar-refractivity contribution < 1.29 is 4.39 Å². The Morgan fingerprint density at radius 3 is 2.73 bits per heavy atom. The molecule has 4 nitrogen and oxygen atoms in total. The first kappa shape index (κ1) is 14.4. The molecule has 0 aliphatic rings. The number of aromatic nitrogens is 3. The highest BCUT2D eigenvalue weighted by molar-refractivity contribution is 5.71. The van der Waals surface area contributed by atoms with Gasteiger partial charge in [0.2, 0.25) is 0 Å². The first-order valence-electron chi connectivity index (χ1n) is 7.12. The van der Waals surface area contributed by atoms with Crippen LogP contribution in [0, 0.1) is 5.82 Å².